The van der Waals surface area contributed by atoms with Gasteiger partial charge in [-0.2, -0.15) is 0 Å². The van der Waals surface area contributed by atoms with Crippen LogP contribution in [0.2, 0.25) is 5.02 Å². The molecule has 3 heterocycles. The van der Waals surface area contributed by atoms with E-state index in [0.29, 0.717) is 17.0 Å². The Morgan fingerprint density at radius 1 is 1.04 bits per heavy atom. The Hall–Kier alpha value is -1.95. The molecular weight excluding hydrogens is 324 g/mol. The highest BCUT2D eigenvalue weighted by Gasteiger charge is 2.28. The van der Waals surface area contributed by atoms with Crippen LogP contribution in [0.1, 0.15) is 37.3 Å². The lowest BCUT2D eigenvalue weighted by Crippen LogP contribution is -2.44. The number of piperidine rings is 1. The van der Waals surface area contributed by atoms with Crippen molar-refractivity contribution in [3.05, 3.63) is 35.5 Å². The molecule has 0 aromatic carbocycles. The number of rotatable bonds is 4. The molecule has 0 N–H and O–H groups in total. The van der Waals surface area contributed by atoms with E-state index in [-0.39, 0.29) is 0 Å². The summed E-state index contributed by atoms with van der Waals surface area (Å²) < 4.78 is 0. The van der Waals surface area contributed by atoms with Crippen molar-refractivity contribution >= 4 is 23.4 Å². The lowest BCUT2D eigenvalue weighted by atomic mass is 10.0. The van der Waals surface area contributed by atoms with E-state index in [1.165, 1.54) is 18.5 Å². The van der Waals surface area contributed by atoms with Crippen LogP contribution in [0.5, 0.6) is 0 Å². The van der Waals surface area contributed by atoms with Gasteiger partial charge in [0.1, 0.15) is 12.1 Å². The molecule has 24 heavy (non-hydrogen) atoms. The lowest BCUT2D eigenvalue weighted by Gasteiger charge is -2.37. The highest BCUT2D eigenvalue weighted by Crippen LogP contribution is 2.39. The van der Waals surface area contributed by atoms with E-state index in [9.17, 15) is 0 Å². The number of hydrogen-bond donors (Lipinski definition) is 0. The summed E-state index contributed by atoms with van der Waals surface area (Å²) in [5.74, 6) is 2.46. The maximum atomic E-state index is 5.87. The second-order valence-electron chi connectivity index (χ2n) is 6.61. The van der Waals surface area contributed by atoms with Gasteiger partial charge in [0.15, 0.2) is 0 Å². The summed E-state index contributed by atoms with van der Waals surface area (Å²) in [4.78, 5) is 22.0. The highest BCUT2D eigenvalue weighted by molar-refractivity contribution is 6.30. The van der Waals surface area contributed by atoms with Crippen LogP contribution < -0.4 is 9.80 Å². The van der Waals surface area contributed by atoms with Gasteiger partial charge in [0.05, 0.1) is 17.4 Å². The maximum absolute atomic E-state index is 5.87. The first-order chi connectivity index (χ1) is 11.7. The van der Waals surface area contributed by atoms with Crippen molar-refractivity contribution in [1.29, 1.82) is 0 Å². The summed E-state index contributed by atoms with van der Waals surface area (Å²) in [7, 11) is 2.06. The highest BCUT2D eigenvalue weighted by atomic mass is 35.5. The van der Waals surface area contributed by atoms with Gasteiger partial charge in [0.2, 0.25) is 5.95 Å². The van der Waals surface area contributed by atoms with Gasteiger partial charge < -0.3 is 9.80 Å². The molecule has 1 aliphatic heterocycles. The molecule has 6 nitrogen and oxygen atoms in total. The quantitative estimate of drug-likeness (QED) is 0.850. The molecule has 7 heteroatoms. The van der Waals surface area contributed by atoms with Crippen LogP contribution in [-0.4, -0.2) is 46.1 Å². The normalized spacial score (nSPS) is 18.7. The van der Waals surface area contributed by atoms with Crippen LogP contribution >= 0.6 is 11.6 Å². The summed E-state index contributed by atoms with van der Waals surface area (Å²) in [5, 5.41) is 0.567. The number of anilines is 2. The molecule has 126 valence electrons. The summed E-state index contributed by atoms with van der Waals surface area (Å²) in [6, 6.07) is 2.61. The summed E-state index contributed by atoms with van der Waals surface area (Å²) in [6.07, 6.45) is 9.67. The Balaban J connectivity index is 1.39. The van der Waals surface area contributed by atoms with Gasteiger partial charge in [-0.3, -0.25) is 0 Å². The van der Waals surface area contributed by atoms with Crippen LogP contribution in [0.25, 0.3) is 0 Å². The fraction of sp³-hybridized carbons (Fsp3) is 0.529. The van der Waals surface area contributed by atoms with Crippen molar-refractivity contribution in [2.24, 2.45) is 0 Å². The minimum atomic E-state index is 0.437. The van der Waals surface area contributed by atoms with Crippen molar-refractivity contribution in [1.82, 2.24) is 19.9 Å². The van der Waals surface area contributed by atoms with E-state index in [0.717, 1.165) is 37.7 Å². The fourth-order valence-corrected chi connectivity index (χ4v) is 3.37. The average molecular weight is 345 g/mol. The van der Waals surface area contributed by atoms with Gasteiger partial charge in [-0.05, 0) is 25.7 Å². The van der Waals surface area contributed by atoms with Gasteiger partial charge in [-0.15, -0.1) is 0 Å². The zero-order valence-corrected chi connectivity index (χ0v) is 14.5. The number of aromatic nitrogens is 4. The molecule has 2 aliphatic rings. The fourth-order valence-electron chi connectivity index (χ4n) is 3.27. The molecule has 1 aliphatic carbocycles. The van der Waals surface area contributed by atoms with E-state index in [4.69, 9.17) is 11.6 Å². The molecule has 0 amide bonds. The molecule has 4 rings (SSSR count). The SMILES string of the molecule is CN(c1ncc(Cl)cn1)C1CCN(c2cc(C3CC3)ncn2)CC1. The van der Waals surface area contributed by atoms with E-state index in [1.54, 1.807) is 18.7 Å². The van der Waals surface area contributed by atoms with Crippen molar-refractivity contribution in [2.75, 3.05) is 29.9 Å². The van der Waals surface area contributed by atoms with Crippen molar-refractivity contribution < 1.29 is 0 Å². The molecule has 0 atom stereocenters. The zero-order valence-electron chi connectivity index (χ0n) is 13.8. The Morgan fingerprint density at radius 2 is 1.75 bits per heavy atom. The van der Waals surface area contributed by atoms with E-state index < -0.39 is 0 Å². The van der Waals surface area contributed by atoms with Crippen molar-refractivity contribution in [3.8, 4) is 0 Å². The molecular formula is C17H21ClN6. The predicted molar refractivity (Wildman–Crippen MR) is 94.7 cm³/mol. The second kappa shape index (κ2) is 6.51. The Bertz CT molecular complexity index is 694. The van der Waals surface area contributed by atoms with E-state index in [1.807, 2.05) is 0 Å². The smallest absolute Gasteiger partial charge is 0.225 e. The Labute approximate surface area is 146 Å². The zero-order chi connectivity index (χ0) is 16.5. The molecule has 0 radical (unpaired) electrons. The molecule has 2 aromatic heterocycles. The summed E-state index contributed by atoms with van der Waals surface area (Å²) in [6.45, 7) is 1.98. The maximum Gasteiger partial charge on any atom is 0.225 e. The molecule has 0 spiro atoms. The lowest BCUT2D eigenvalue weighted by molar-refractivity contribution is 0.475. The Kier molecular flexibility index (Phi) is 4.22. The summed E-state index contributed by atoms with van der Waals surface area (Å²) >= 11 is 5.87. The van der Waals surface area contributed by atoms with Crippen LogP contribution in [-0.2, 0) is 0 Å². The molecule has 2 fully saturated rings. The number of nitrogens with zero attached hydrogens (tertiary/aromatic N) is 6. The van der Waals surface area contributed by atoms with Gasteiger partial charge in [0.25, 0.3) is 0 Å². The van der Waals surface area contributed by atoms with Gasteiger partial charge in [-0.1, -0.05) is 11.6 Å². The van der Waals surface area contributed by atoms with Gasteiger partial charge in [0, 0.05) is 43.9 Å². The van der Waals surface area contributed by atoms with E-state index in [2.05, 4.69) is 42.8 Å². The number of halogens is 1. The van der Waals surface area contributed by atoms with Gasteiger partial charge >= 0.3 is 0 Å². The number of hydrogen-bond acceptors (Lipinski definition) is 6. The molecule has 1 saturated heterocycles. The van der Waals surface area contributed by atoms with Crippen LogP contribution in [0, 0.1) is 0 Å². The first-order valence-electron chi connectivity index (χ1n) is 8.48. The van der Waals surface area contributed by atoms with Crippen LogP contribution in [0.3, 0.4) is 0 Å². The Morgan fingerprint density at radius 3 is 2.42 bits per heavy atom. The standard InChI is InChI=1S/C17H21ClN6/c1-23(17-19-9-13(18)10-20-17)14-4-6-24(7-5-14)16-8-15(12-2-3-12)21-11-22-16/h8-12,14H,2-7H2,1H3. The van der Waals surface area contributed by atoms with Gasteiger partial charge in [-0.25, -0.2) is 19.9 Å². The van der Waals surface area contributed by atoms with Crippen LogP contribution in [0.15, 0.2) is 24.8 Å². The van der Waals surface area contributed by atoms with Crippen LogP contribution in [0.4, 0.5) is 11.8 Å². The minimum Gasteiger partial charge on any atom is -0.356 e. The first-order valence-corrected chi connectivity index (χ1v) is 8.86. The predicted octanol–water partition coefficient (Wildman–Crippen LogP) is 2.90. The summed E-state index contributed by atoms with van der Waals surface area (Å²) in [5.41, 5.74) is 1.20. The van der Waals surface area contributed by atoms with Crippen molar-refractivity contribution in [3.63, 3.8) is 0 Å². The third-order valence-corrected chi connectivity index (χ3v) is 5.12. The largest absolute Gasteiger partial charge is 0.356 e. The molecule has 1 saturated carbocycles. The first kappa shape index (κ1) is 15.6. The molecule has 0 bridgehead atoms. The topological polar surface area (TPSA) is 58.0 Å². The minimum absolute atomic E-state index is 0.437. The van der Waals surface area contributed by atoms with E-state index >= 15 is 0 Å². The van der Waals surface area contributed by atoms with Crippen molar-refractivity contribution in [2.45, 2.75) is 37.6 Å². The average Bonchev–Trinajstić information content (AvgIpc) is 3.47. The third kappa shape index (κ3) is 3.29. The molecule has 2 aromatic rings. The monoisotopic (exact) mass is 344 g/mol. The third-order valence-electron chi connectivity index (χ3n) is 4.93. The molecule has 0 unspecified atom stereocenters. The second-order valence-corrected chi connectivity index (χ2v) is 7.04.